The van der Waals surface area contributed by atoms with Crippen molar-refractivity contribution in [1.29, 1.82) is 0 Å². The summed E-state index contributed by atoms with van der Waals surface area (Å²) in [4.78, 5) is 12.1. The van der Waals surface area contributed by atoms with Crippen molar-refractivity contribution in [3.05, 3.63) is 74.7 Å². The van der Waals surface area contributed by atoms with Crippen LogP contribution in [0.5, 0.6) is 0 Å². The van der Waals surface area contributed by atoms with Gasteiger partial charge >= 0.3 is 0 Å². The fraction of sp³-hybridized carbons (Fsp3) is 0.0625. The molecule has 0 radical (unpaired) electrons. The molecule has 0 aliphatic carbocycles. The number of hydrogen-bond donors (Lipinski definition) is 1. The maximum absolute atomic E-state index is 12.1. The second kappa shape index (κ2) is 7.08. The van der Waals surface area contributed by atoms with Gasteiger partial charge < -0.3 is 0 Å². The van der Waals surface area contributed by atoms with Crippen LogP contribution in [0.4, 0.5) is 5.13 Å². The summed E-state index contributed by atoms with van der Waals surface area (Å²) in [6, 6.07) is 14.2. The van der Waals surface area contributed by atoms with Crippen molar-refractivity contribution >= 4 is 45.6 Å². The molecule has 1 aromatic heterocycles. The zero-order chi connectivity index (χ0) is 16.2. The Hall–Kier alpha value is -1.95. The molecule has 0 bridgehead atoms. The van der Waals surface area contributed by atoms with Gasteiger partial charge in [0.2, 0.25) is 5.13 Å². The molecule has 0 atom stereocenters. The van der Waals surface area contributed by atoms with Crippen LogP contribution >= 0.6 is 34.5 Å². The predicted octanol–water partition coefficient (Wildman–Crippen LogP) is 4.69. The molecule has 116 valence electrons. The Kier molecular flexibility index (Phi) is 4.91. The number of hydrogen-bond acceptors (Lipinski definition) is 4. The molecule has 0 aliphatic rings. The lowest BCUT2D eigenvalue weighted by atomic mass is 10.2. The fourth-order valence-electron chi connectivity index (χ4n) is 1.92. The minimum atomic E-state index is -0.240. The largest absolute Gasteiger partial charge is 0.296 e. The molecular weight excluding hydrogens is 353 g/mol. The predicted molar refractivity (Wildman–Crippen MR) is 93.6 cm³/mol. The summed E-state index contributed by atoms with van der Waals surface area (Å²) < 4.78 is 0. The van der Waals surface area contributed by atoms with E-state index in [1.807, 2.05) is 24.3 Å². The second-order valence-electron chi connectivity index (χ2n) is 4.77. The third kappa shape index (κ3) is 4.28. The average Bonchev–Trinajstić information content (AvgIpc) is 2.97. The van der Waals surface area contributed by atoms with Crippen molar-refractivity contribution < 1.29 is 4.79 Å². The number of aromatic nitrogens is 2. The summed E-state index contributed by atoms with van der Waals surface area (Å²) in [5, 5.41) is 13.4. The summed E-state index contributed by atoms with van der Waals surface area (Å²) in [5.41, 5.74) is 1.60. The molecule has 0 spiro atoms. The lowest BCUT2D eigenvalue weighted by molar-refractivity contribution is 0.102. The maximum atomic E-state index is 12.1. The molecule has 4 nitrogen and oxygen atoms in total. The standard InChI is InChI=1S/C16H11Cl2N3OS/c17-12-5-1-10(2-6-12)9-14-20-21-16(23-14)19-15(22)11-3-7-13(18)8-4-11/h1-8H,9H2,(H,19,21,22). The Morgan fingerprint density at radius 2 is 1.57 bits per heavy atom. The number of nitrogens with zero attached hydrogens (tertiary/aromatic N) is 2. The van der Waals surface area contributed by atoms with E-state index in [0.717, 1.165) is 10.6 Å². The zero-order valence-electron chi connectivity index (χ0n) is 11.8. The van der Waals surface area contributed by atoms with Crippen molar-refractivity contribution in [3.8, 4) is 0 Å². The quantitative estimate of drug-likeness (QED) is 0.731. The van der Waals surface area contributed by atoms with E-state index >= 15 is 0 Å². The third-order valence-electron chi connectivity index (χ3n) is 3.06. The van der Waals surface area contributed by atoms with E-state index in [2.05, 4.69) is 15.5 Å². The first kappa shape index (κ1) is 15.9. The number of carbonyl (C=O) groups is 1. The van der Waals surface area contributed by atoms with E-state index in [4.69, 9.17) is 23.2 Å². The summed E-state index contributed by atoms with van der Waals surface area (Å²) in [5.74, 6) is -0.240. The van der Waals surface area contributed by atoms with Gasteiger partial charge in [-0.2, -0.15) is 0 Å². The smallest absolute Gasteiger partial charge is 0.257 e. The molecule has 2 aromatic carbocycles. The lowest BCUT2D eigenvalue weighted by Gasteiger charge is -2.00. The lowest BCUT2D eigenvalue weighted by Crippen LogP contribution is -2.11. The second-order valence-corrected chi connectivity index (χ2v) is 6.70. The van der Waals surface area contributed by atoms with Gasteiger partial charge in [-0.05, 0) is 42.0 Å². The molecule has 1 heterocycles. The summed E-state index contributed by atoms with van der Waals surface area (Å²) in [6.07, 6.45) is 0.644. The van der Waals surface area contributed by atoms with E-state index in [0.29, 0.717) is 27.2 Å². The van der Waals surface area contributed by atoms with Crippen molar-refractivity contribution in [2.24, 2.45) is 0 Å². The number of carbonyl (C=O) groups excluding carboxylic acids is 1. The SMILES string of the molecule is O=C(Nc1nnc(Cc2ccc(Cl)cc2)s1)c1ccc(Cl)cc1. The number of benzene rings is 2. The molecule has 0 aliphatic heterocycles. The molecule has 1 N–H and O–H groups in total. The van der Waals surface area contributed by atoms with Crippen LogP contribution in [0.2, 0.25) is 10.0 Å². The van der Waals surface area contributed by atoms with Crippen LogP contribution < -0.4 is 5.32 Å². The van der Waals surface area contributed by atoms with Gasteiger partial charge in [-0.1, -0.05) is 46.7 Å². The molecule has 3 rings (SSSR count). The highest BCUT2D eigenvalue weighted by Gasteiger charge is 2.10. The van der Waals surface area contributed by atoms with Gasteiger partial charge in [-0.15, -0.1) is 10.2 Å². The fourth-order valence-corrected chi connectivity index (χ4v) is 2.94. The van der Waals surface area contributed by atoms with Crippen LogP contribution in [-0.4, -0.2) is 16.1 Å². The van der Waals surface area contributed by atoms with Crippen LogP contribution in [0.3, 0.4) is 0 Å². The first-order chi connectivity index (χ1) is 11.1. The number of rotatable bonds is 4. The van der Waals surface area contributed by atoms with Crippen molar-refractivity contribution in [2.75, 3.05) is 5.32 Å². The molecule has 0 saturated carbocycles. The Bertz CT molecular complexity index is 816. The Labute approximate surface area is 147 Å². The monoisotopic (exact) mass is 363 g/mol. The van der Waals surface area contributed by atoms with E-state index in [1.54, 1.807) is 24.3 Å². The Morgan fingerprint density at radius 3 is 2.22 bits per heavy atom. The molecular formula is C16H11Cl2N3OS. The van der Waals surface area contributed by atoms with E-state index < -0.39 is 0 Å². The number of anilines is 1. The van der Waals surface area contributed by atoms with Crippen LogP contribution in [0.15, 0.2) is 48.5 Å². The van der Waals surface area contributed by atoms with E-state index in [-0.39, 0.29) is 5.91 Å². The molecule has 1 amide bonds. The van der Waals surface area contributed by atoms with Gasteiger partial charge in [0.05, 0.1) is 0 Å². The van der Waals surface area contributed by atoms with Crippen LogP contribution in [0, 0.1) is 0 Å². The number of amides is 1. The van der Waals surface area contributed by atoms with Crippen molar-refractivity contribution in [2.45, 2.75) is 6.42 Å². The van der Waals surface area contributed by atoms with Crippen molar-refractivity contribution in [1.82, 2.24) is 10.2 Å². The van der Waals surface area contributed by atoms with Gasteiger partial charge in [0.15, 0.2) is 0 Å². The topological polar surface area (TPSA) is 54.9 Å². The molecule has 0 unspecified atom stereocenters. The van der Waals surface area contributed by atoms with Crippen molar-refractivity contribution in [3.63, 3.8) is 0 Å². The van der Waals surface area contributed by atoms with E-state index in [1.165, 1.54) is 11.3 Å². The van der Waals surface area contributed by atoms with Gasteiger partial charge in [-0.25, -0.2) is 0 Å². The first-order valence-electron chi connectivity index (χ1n) is 6.74. The van der Waals surface area contributed by atoms with Gasteiger partial charge in [0.25, 0.3) is 5.91 Å². The van der Waals surface area contributed by atoms with Crippen LogP contribution in [0.25, 0.3) is 0 Å². The van der Waals surface area contributed by atoms with E-state index in [9.17, 15) is 4.79 Å². The number of halogens is 2. The van der Waals surface area contributed by atoms with Crippen LogP contribution in [0.1, 0.15) is 20.9 Å². The Morgan fingerprint density at radius 1 is 0.957 bits per heavy atom. The minimum Gasteiger partial charge on any atom is -0.296 e. The molecule has 3 aromatic rings. The summed E-state index contributed by atoms with van der Waals surface area (Å²) in [7, 11) is 0. The molecule has 23 heavy (non-hydrogen) atoms. The summed E-state index contributed by atoms with van der Waals surface area (Å²) >= 11 is 13.0. The highest BCUT2D eigenvalue weighted by atomic mass is 35.5. The minimum absolute atomic E-state index is 0.240. The van der Waals surface area contributed by atoms with Crippen LogP contribution in [-0.2, 0) is 6.42 Å². The normalized spacial score (nSPS) is 10.5. The van der Waals surface area contributed by atoms with Gasteiger partial charge in [0.1, 0.15) is 5.01 Å². The van der Waals surface area contributed by atoms with Gasteiger partial charge in [-0.3, -0.25) is 10.1 Å². The average molecular weight is 364 g/mol. The first-order valence-corrected chi connectivity index (χ1v) is 8.31. The molecule has 0 saturated heterocycles. The van der Waals surface area contributed by atoms with Gasteiger partial charge in [0, 0.05) is 22.0 Å². The third-order valence-corrected chi connectivity index (χ3v) is 4.40. The highest BCUT2D eigenvalue weighted by molar-refractivity contribution is 7.15. The zero-order valence-corrected chi connectivity index (χ0v) is 14.1. The number of nitrogens with one attached hydrogen (secondary N) is 1. The Balaban J connectivity index is 1.66. The summed E-state index contributed by atoms with van der Waals surface area (Å²) in [6.45, 7) is 0. The maximum Gasteiger partial charge on any atom is 0.257 e. The highest BCUT2D eigenvalue weighted by Crippen LogP contribution is 2.20. The molecule has 0 fully saturated rings. The molecule has 7 heteroatoms.